The van der Waals surface area contributed by atoms with Crippen molar-refractivity contribution in [1.82, 2.24) is 0 Å². The summed E-state index contributed by atoms with van der Waals surface area (Å²) in [5.74, 6) is 0. The molecule has 3 rings (SSSR count). The third-order valence-electron chi connectivity index (χ3n) is 2.98. The molecule has 0 aromatic heterocycles. The summed E-state index contributed by atoms with van der Waals surface area (Å²) >= 11 is 0. The molecule has 1 aromatic carbocycles. The van der Waals surface area contributed by atoms with Crippen molar-refractivity contribution >= 4 is 0 Å². The van der Waals surface area contributed by atoms with Gasteiger partial charge in [0.15, 0.2) is 0 Å². The molecule has 3 heteroatoms. The molecule has 86 valence electrons. The van der Waals surface area contributed by atoms with Gasteiger partial charge in [0.05, 0.1) is 32.0 Å². The summed E-state index contributed by atoms with van der Waals surface area (Å²) < 4.78 is 16.3. The summed E-state index contributed by atoms with van der Waals surface area (Å²) in [6.07, 6.45) is 2.18. The maximum atomic E-state index is 5.61. The summed E-state index contributed by atoms with van der Waals surface area (Å²) in [7, 11) is 0. The number of hydrogen-bond acceptors (Lipinski definition) is 3. The fraction of sp³-hybridized carbons (Fsp3) is 0.538. The molecule has 0 N–H and O–H groups in total. The van der Waals surface area contributed by atoms with Crippen molar-refractivity contribution in [2.45, 2.75) is 31.3 Å². The highest BCUT2D eigenvalue weighted by molar-refractivity contribution is 5.13. The Morgan fingerprint density at radius 2 is 2.00 bits per heavy atom. The van der Waals surface area contributed by atoms with Crippen LogP contribution in [0.3, 0.4) is 0 Å². The van der Waals surface area contributed by atoms with Gasteiger partial charge in [-0.25, -0.2) is 0 Å². The van der Waals surface area contributed by atoms with Gasteiger partial charge < -0.3 is 14.2 Å². The second-order valence-corrected chi connectivity index (χ2v) is 4.40. The van der Waals surface area contributed by atoms with Gasteiger partial charge in [-0.15, -0.1) is 0 Å². The van der Waals surface area contributed by atoms with Crippen molar-refractivity contribution in [3.8, 4) is 0 Å². The van der Waals surface area contributed by atoms with Gasteiger partial charge in [-0.1, -0.05) is 30.3 Å². The van der Waals surface area contributed by atoms with Crippen molar-refractivity contribution < 1.29 is 14.2 Å². The molecule has 3 nitrogen and oxygen atoms in total. The zero-order chi connectivity index (χ0) is 10.8. The Morgan fingerprint density at radius 1 is 1.19 bits per heavy atom. The monoisotopic (exact) mass is 220 g/mol. The van der Waals surface area contributed by atoms with E-state index in [1.54, 1.807) is 0 Å². The molecule has 0 spiro atoms. The molecule has 1 aromatic rings. The lowest BCUT2D eigenvalue weighted by Crippen LogP contribution is -2.06. The summed E-state index contributed by atoms with van der Waals surface area (Å²) in [6.45, 7) is 2.29. The molecule has 3 atom stereocenters. The van der Waals surface area contributed by atoms with Crippen LogP contribution in [0.15, 0.2) is 30.3 Å². The summed E-state index contributed by atoms with van der Waals surface area (Å²) in [6, 6.07) is 10.2. The van der Waals surface area contributed by atoms with Crippen molar-refractivity contribution in [2.24, 2.45) is 0 Å². The molecular formula is C13H16O3. The third-order valence-corrected chi connectivity index (χ3v) is 2.98. The van der Waals surface area contributed by atoms with Gasteiger partial charge in [0.25, 0.3) is 0 Å². The second-order valence-electron chi connectivity index (χ2n) is 4.40. The van der Waals surface area contributed by atoms with Gasteiger partial charge in [-0.05, 0) is 5.56 Å². The van der Waals surface area contributed by atoms with Crippen LogP contribution in [0.4, 0.5) is 0 Å². The summed E-state index contributed by atoms with van der Waals surface area (Å²) in [4.78, 5) is 0. The molecule has 0 bridgehead atoms. The Morgan fingerprint density at radius 3 is 2.75 bits per heavy atom. The van der Waals surface area contributed by atoms with Crippen LogP contribution in [0.5, 0.6) is 0 Å². The topological polar surface area (TPSA) is 34.3 Å². The van der Waals surface area contributed by atoms with Gasteiger partial charge in [-0.3, -0.25) is 0 Å². The van der Waals surface area contributed by atoms with E-state index in [0.29, 0.717) is 31.5 Å². The minimum absolute atomic E-state index is 0.299. The van der Waals surface area contributed by atoms with E-state index < -0.39 is 0 Å². The van der Waals surface area contributed by atoms with Crippen molar-refractivity contribution in [1.29, 1.82) is 0 Å². The predicted molar refractivity (Wildman–Crippen MR) is 59.1 cm³/mol. The molecule has 0 radical (unpaired) electrons. The van der Waals surface area contributed by atoms with E-state index in [4.69, 9.17) is 14.2 Å². The zero-order valence-electron chi connectivity index (χ0n) is 9.17. The van der Waals surface area contributed by atoms with Gasteiger partial charge in [0.1, 0.15) is 6.10 Å². The first kappa shape index (κ1) is 10.3. The van der Waals surface area contributed by atoms with Gasteiger partial charge >= 0.3 is 0 Å². The van der Waals surface area contributed by atoms with Crippen LogP contribution in [0.2, 0.25) is 0 Å². The van der Waals surface area contributed by atoms with Crippen LogP contribution in [0.25, 0.3) is 0 Å². The van der Waals surface area contributed by atoms with Crippen molar-refractivity contribution in [3.05, 3.63) is 35.9 Å². The average molecular weight is 220 g/mol. The van der Waals surface area contributed by atoms with E-state index in [0.717, 1.165) is 13.0 Å². The SMILES string of the molecule is c1ccc(COC[C@@H]2O[C@@H]2C[C@@H]2CO2)cc1. The van der Waals surface area contributed by atoms with Crippen LogP contribution in [-0.2, 0) is 20.8 Å². The average Bonchev–Trinajstić information content (AvgIpc) is 3.21. The molecule has 2 aliphatic heterocycles. The first-order valence-electron chi connectivity index (χ1n) is 5.80. The number of rotatable bonds is 6. The molecule has 0 aliphatic carbocycles. The zero-order valence-corrected chi connectivity index (χ0v) is 9.17. The highest BCUT2D eigenvalue weighted by Gasteiger charge is 2.43. The van der Waals surface area contributed by atoms with Crippen molar-refractivity contribution in [3.63, 3.8) is 0 Å². The van der Waals surface area contributed by atoms with Gasteiger partial charge in [0.2, 0.25) is 0 Å². The molecule has 0 amide bonds. The summed E-state index contributed by atoms with van der Waals surface area (Å²) in [5.41, 5.74) is 1.21. The van der Waals surface area contributed by atoms with E-state index in [-0.39, 0.29) is 0 Å². The first-order chi connectivity index (χ1) is 7.92. The van der Waals surface area contributed by atoms with Crippen molar-refractivity contribution in [2.75, 3.05) is 13.2 Å². The van der Waals surface area contributed by atoms with Crippen LogP contribution in [-0.4, -0.2) is 31.5 Å². The molecule has 0 saturated carbocycles. The maximum absolute atomic E-state index is 5.61. The highest BCUT2D eigenvalue weighted by atomic mass is 16.6. The van der Waals surface area contributed by atoms with Crippen LogP contribution >= 0.6 is 0 Å². The molecule has 16 heavy (non-hydrogen) atoms. The lowest BCUT2D eigenvalue weighted by Gasteiger charge is -2.01. The quantitative estimate of drug-likeness (QED) is 0.685. The predicted octanol–water partition coefficient (Wildman–Crippen LogP) is 1.76. The molecule has 2 fully saturated rings. The van der Waals surface area contributed by atoms with Crippen LogP contribution in [0, 0.1) is 0 Å². The Labute approximate surface area is 95.3 Å². The first-order valence-corrected chi connectivity index (χ1v) is 5.80. The second kappa shape index (κ2) is 4.53. The smallest absolute Gasteiger partial charge is 0.108 e. The largest absolute Gasteiger partial charge is 0.374 e. The normalized spacial score (nSPS) is 31.4. The van der Waals surface area contributed by atoms with Gasteiger partial charge in [-0.2, -0.15) is 0 Å². The Bertz CT molecular complexity index is 334. The molecule has 0 unspecified atom stereocenters. The fourth-order valence-corrected chi connectivity index (χ4v) is 1.86. The van der Waals surface area contributed by atoms with E-state index in [1.807, 2.05) is 18.2 Å². The number of ether oxygens (including phenoxy) is 3. The standard InChI is InChI=1S/C13H16O3/c1-2-4-10(5-3-1)7-14-9-13-12(16-13)6-11-8-15-11/h1-5,11-13H,6-9H2/t11-,12-,13+/m1/s1. The number of benzene rings is 1. The minimum atomic E-state index is 0.299. The Hall–Kier alpha value is -0.900. The van der Waals surface area contributed by atoms with Crippen LogP contribution in [0.1, 0.15) is 12.0 Å². The lowest BCUT2D eigenvalue weighted by atomic mass is 10.2. The van der Waals surface area contributed by atoms with E-state index >= 15 is 0 Å². The molecule has 2 heterocycles. The van der Waals surface area contributed by atoms with Crippen LogP contribution < -0.4 is 0 Å². The molecular weight excluding hydrogens is 204 g/mol. The maximum Gasteiger partial charge on any atom is 0.108 e. The lowest BCUT2D eigenvalue weighted by molar-refractivity contribution is 0.104. The highest BCUT2D eigenvalue weighted by Crippen LogP contribution is 2.31. The molecule has 2 saturated heterocycles. The minimum Gasteiger partial charge on any atom is -0.374 e. The number of hydrogen-bond donors (Lipinski definition) is 0. The van der Waals surface area contributed by atoms with E-state index in [1.165, 1.54) is 5.56 Å². The van der Waals surface area contributed by atoms with E-state index in [9.17, 15) is 0 Å². The van der Waals surface area contributed by atoms with E-state index in [2.05, 4.69) is 12.1 Å². The molecule has 2 aliphatic rings. The summed E-state index contributed by atoms with van der Waals surface area (Å²) in [5, 5.41) is 0. The Balaban J connectivity index is 1.32. The third kappa shape index (κ3) is 2.82. The Kier molecular flexibility index (Phi) is 2.91. The number of epoxide rings is 2. The fourth-order valence-electron chi connectivity index (χ4n) is 1.86. The van der Waals surface area contributed by atoms with Gasteiger partial charge in [0, 0.05) is 6.42 Å².